The number of aliphatic hydroxyl groups is 1. The normalized spacial score (nSPS) is 41.7. The average molecular weight is 449 g/mol. The molecular weight excluding hydrogens is 409 g/mol. The van der Waals surface area contributed by atoms with Crippen LogP contribution in [0.5, 0.6) is 0 Å². The van der Waals surface area contributed by atoms with Crippen LogP contribution in [0.15, 0.2) is 11.6 Å². The Labute approximate surface area is 191 Å². The summed E-state index contributed by atoms with van der Waals surface area (Å²) >= 11 is 0. The highest BCUT2D eigenvalue weighted by Crippen LogP contribution is 2.67. The number of carboxylic acid groups (broad SMARTS) is 1. The second kappa shape index (κ2) is 8.58. The third-order valence-corrected chi connectivity index (χ3v) is 10.0. The van der Waals surface area contributed by atoms with E-state index in [0.29, 0.717) is 48.9 Å². The molecule has 4 aliphatic carbocycles. The van der Waals surface area contributed by atoms with E-state index in [1.807, 2.05) is 6.08 Å². The van der Waals surface area contributed by atoms with Crippen LogP contribution >= 0.6 is 0 Å². The minimum absolute atomic E-state index is 0.0467. The molecule has 0 heterocycles. The Bertz CT molecular complexity index is 821. The van der Waals surface area contributed by atoms with E-state index in [1.54, 1.807) is 0 Å². The number of ketones is 1. The minimum Gasteiger partial charge on any atom is -0.480 e. The van der Waals surface area contributed by atoms with Crippen LogP contribution in [0.25, 0.3) is 0 Å². The van der Waals surface area contributed by atoms with Gasteiger partial charge in [-0.15, -0.1) is 0 Å². The number of hydrogen-bond donors (Lipinski definition) is 3. The SMILES string of the molecule is C[C@H](CCC(=O)[15NH][13CH2][13C](=O)O)[C@H]1CC[C@H]2[C@@H]3[C@H](O)CC4=CC(=O)CC[C@]4(C)[C@H]3CC[C@]12C. The molecule has 0 aromatic heterocycles. The number of hydrogen-bond acceptors (Lipinski definition) is 4. The molecule has 3 fully saturated rings. The Morgan fingerprint density at radius 1 is 1.19 bits per heavy atom. The molecule has 6 heteroatoms. The van der Waals surface area contributed by atoms with Crippen molar-refractivity contribution in [2.75, 3.05) is 6.54 Å². The maximum Gasteiger partial charge on any atom is 0.322 e. The van der Waals surface area contributed by atoms with E-state index in [4.69, 9.17) is 5.11 Å². The minimum atomic E-state index is -1.02. The lowest BCUT2D eigenvalue weighted by atomic mass is 9.45. The molecule has 0 aliphatic heterocycles. The van der Waals surface area contributed by atoms with Gasteiger partial charge < -0.3 is 15.5 Å². The van der Waals surface area contributed by atoms with Crippen LogP contribution in [-0.4, -0.2) is 40.5 Å². The van der Waals surface area contributed by atoms with Gasteiger partial charge in [-0.3, -0.25) is 14.4 Å². The van der Waals surface area contributed by atoms with E-state index in [1.165, 1.54) is 5.57 Å². The van der Waals surface area contributed by atoms with Gasteiger partial charge >= 0.3 is 5.97 Å². The van der Waals surface area contributed by atoms with Crippen LogP contribution in [0.4, 0.5) is 0 Å². The molecule has 8 atom stereocenters. The fourth-order valence-electron chi connectivity index (χ4n) is 8.32. The molecule has 0 aromatic rings. The fraction of sp³-hybridized carbons (Fsp3) is 0.808. The lowest BCUT2D eigenvalue weighted by Crippen LogP contribution is -2.55. The smallest absolute Gasteiger partial charge is 0.322 e. The van der Waals surface area contributed by atoms with Gasteiger partial charge in [-0.1, -0.05) is 26.3 Å². The van der Waals surface area contributed by atoms with Crippen molar-refractivity contribution < 1.29 is 24.6 Å². The Balaban J connectivity index is 1.46. The summed E-state index contributed by atoms with van der Waals surface area (Å²) < 4.78 is 0. The molecule has 0 unspecified atom stereocenters. The van der Waals surface area contributed by atoms with Gasteiger partial charge in [0.25, 0.3) is 0 Å². The number of carbonyl (C=O) groups is 3. The summed E-state index contributed by atoms with van der Waals surface area (Å²) in [6, 6.07) is 0. The van der Waals surface area contributed by atoms with Crippen LogP contribution in [-0.2, 0) is 14.4 Å². The van der Waals surface area contributed by atoms with Crippen molar-refractivity contribution in [2.45, 2.75) is 84.7 Å². The van der Waals surface area contributed by atoms with E-state index >= 15 is 0 Å². The fourth-order valence-corrected chi connectivity index (χ4v) is 8.32. The first-order valence-electron chi connectivity index (χ1n) is 12.5. The number of carboxylic acids is 1. The standard InChI is InChI=1S/C26H39NO5/c1-15(4-7-22(30)27-14-23(31)32)18-5-6-19-24-20(9-11-26(18,19)3)25(2)10-8-17(28)12-16(25)13-21(24)29/h12,15,18-21,24,29H,4-11,13-14H2,1-3H3,(H,27,30)(H,31,32)/t15-,18-,19+,20+,21-,24+,25+,26-/m1/s1/i14+1,23+1,27+1. The second-order valence-corrected chi connectivity index (χ2v) is 11.5. The first kappa shape index (κ1) is 23.5. The van der Waals surface area contributed by atoms with Gasteiger partial charge in [0.1, 0.15) is 6.54 Å². The molecule has 0 bridgehead atoms. The molecule has 3 saturated carbocycles. The summed E-state index contributed by atoms with van der Waals surface area (Å²) in [6.45, 7) is 6.67. The third-order valence-electron chi connectivity index (χ3n) is 10.0. The second-order valence-electron chi connectivity index (χ2n) is 11.5. The van der Waals surface area contributed by atoms with Gasteiger partial charge in [-0.05, 0) is 91.4 Å². The summed E-state index contributed by atoms with van der Waals surface area (Å²) in [4.78, 5) is 34.7. The maximum atomic E-state index is 12.0. The molecule has 4 aliphatic rings. The monoisotopic (exact) mass is 448 g/mol. The molecule has 1 amide bonds. The van der Waals surface area contributed by atoms with E-state index in [9.17, 15) is 19.5 Å². The van der Waals surface area contributed by atoms with Crippen LogP contribution in [0.1, 0.15) is 78.6 Å². The van der Waals surface area contributed by atoms with Crippen molar-refractivity contribution in [1.82, 2.24) is 5.32 Å². The number of aliphatic carboxylic acids is 1. The largest absolute Gasteiger partial charge is 0.480 e. The van der Waals surface area contributed by atoms with E-state index in [2.05, 4.69) is 26.1 Å². The number of amides is 1. The van der Waals surface area contributed by atoms with Gasteiger partial charge in [0.05, 0.1) is 6.10 Å². The van der Waals surface area contributed by atoms with Crippen molar-refractivity contribution >= 4 is 17.7 Å². The van der Waals surface area contributed by atoms with E-state index in [0.717, 1.165) is 38.5 Å². The molecule has 3 N–H and O–H groups in total. The highest BCUT2D eigenvalue weighted by atomic mass is 16.5. The predicted octanol–water partition coefficient (Wildman–Crippen LogP) is 3.72. The Hall–Kier alpha value is -1.69. The zero-order valence-corrected chi connectivity index (χ0v) is 19.7. The number of nitrogens with one attached hydrogen (secondary N) is 1. The quantitative estimate of drug-likeness (QED) is 0.424. The first-order chi connectivity index (χ1) is 15.1. The van der Waals surface area contributed by atoms with Crippen LogP contribution in [0.2, 0.25) is 0 Å². The number of fused-ring (bicyclic) bond motifs is 5. The third kappa shape index (κ3) is 3.93. The summed E-state index contributed by atoms with van der Waals surface area (Å²) in [5, 5.41) is 22.5. The molecule has 0 spiro atoms. The Morgan fingerprint density at radius 3 is 2.66 bits per heavy atom. The lowest BCUT2D eigenvalue weighted by Gasteiger charge is -2.59. The van der Waals surface area contributed by atoms with Crippen molar-refractivity contribution in [1.29, 1.82) is 0 Å². The number of carbonyl (C=O) groups excluding carboxylic acids is 2. The molecule has 6 nitrogen and oxygen atoms in total. The van der Waals surface area contributed by atoms with Gasteiger partial charge in [0.2, 0.25) is 5.91 Å². The van der Waals surface area contributed by atoms with Gasteiger partial charge in [-0.25, -0.2) is 0 Å². The van der Waals surface area contributed by atoms with E-state index < -0.39 is 5.97 Å². The molecule has 0 saturated heterocycles. The number of aliphatic hydroxyl groups excluding tert-OH is 1. The highest BCUT2D eigenvalue weighted by Gasteiger charge is 2.61. The maximum absolute atomic E-state index is 12.0. The lowest BCUT2D eigenvalue weighted by molar-refractivity contribution is -0.138. The van der Waals surface area contributed by atoms with Gasteiger partial charge in [-0.2, -0.15) is 0 Å². The number of rotatable bonds is 6. The van der Waals surface area contributed by atoms with E-state index in [-0.39, 0.29) is 35.2 Å². The van der Waals surface area contributed by atoms with Crippen molar-refractivity contribution in [3.63, 3.8) is 0 Å². The zero-order valence-electron chi connectivity index (χ0n) is 19.7. The Kier molecular flexibility index (Phi) is 6.30. The average Bonchev–Trinajstić information content (AvgIpc) is 3.09. The van der Waals surface area contributed by atoms with Gasteiger partial charge in [0, 0.05) is 12.8 Å². The van der Waals surface area contributed by atoms with Crippen LogP contribution in [0, 0.1) is 40.4 Å². The van der Waals surface area contributed by atoms with Crippen LogP contribution < -0.4 is 5.32 Å². The summed E-state index contributed by atoms with van der Waals surface area (Å²) in [5.74, 6) is 1.13. The highest BCUT2D eigenvalue weighted by molar-refractivity contribution is 5.91. The first-order valence-corrected chi connectivity index (χ1v) is 12.5. The zero-order chi connectivity index (χ0) is 23.3. The summed E-state index contributed by atoms with van der Waals surface area (Å²) in [5.41, 5.74) is 1.40. The molecule has 32 heavy (non-hydrogen) atoms. The van der Waals surface area contributed by atoms with Crippen LogP contribution in [0.3, 0.4) is 0 Å². The van der Waals surface area contributed by atoms with Crippen molar-refractivity contribution in [3.05, 3.63) is 11.6 Å². The molecule has 4 rings (SSSR count). The summed E-state index contributed by atoms with van der Waals surface area (Å²) in [7, 11) is 0. The summed E-state index contributed by atoms with van der Waals surface area (Å²) in [6.07, 6.45) is 9.28. The van der Waals surface area contributed by atoms with Crippen molar-refractivity contribution in [2.24, 2.45) is 40.4 Å². The molecule has 0 aromatic carbocycles. The topological polar surface area (TPSA) is 104 Å². The predicted molar refractivity (Wildman–Crippen MR) is 121 cm³/mol. The molecule has 178 valence electrons. The molecular formula is C26H39NO5. The molecule has 0 radical (unpaired) electrons. The van der Waals surface area contributed by atoms with Crippen molar-refractivity contribution in [3.8, 4) is 0 Å². The Morgan fingerprint density at radius 2 is 1.94 bits per heavy atom. The van der Waals surface area contributed by atoms with Gasteiger partial charge in [0.15, 0.2) is 5.78 Å².